The lowest BCUT2D eigenvalue weighted by Gasteiger charge is -2.37. The quantitative estimate of drug-likeness (QED) is 0.694. The summed E-state index contributed by atoms with van der Waals surface area (Å²) < 4.78 is 35.2. The minimum absolute atomic E-state index is 0.108. The number of hydrogen-bond acceptors (Lipinski definition) is 6. The average Bonchev–Trinajstić information content (AvgIpc) is 2.86. The van der Waals surface area contributed by atoms with Crippen molar-refractivity contribution in [2.75, 3.05) is 39.9 Å². The van der Waals surface area contributed by atoms with Gasteiger partial charge in [-0.25, -0.2) is 13.6 Å². The summed E-state index contributed by atoms with van der Waals surface area (Å²) in [5.41, 5.74) is 1.49. The molecular weight excluding hydrogens is 466 g/mol. The molecule has 2 aromatic carbocycles. The molecule has 190 valence electrons. The molecule has 0 saturated carbocycles. The summed E-state index contributed by atoms with van der Waals surface area (Å²) in [6.45, 7) is 3.31. The number of benzene rings is 2. The molecule has 1 fully saturated rings. The van der Waals surface area contributed by atoms with Crippen LogP contribution in [-0.4, -0.2) is 70.1 Å². The molecule has 1 atom stereocenters. The summed E-state index contributed by atoms with van der Waals surface area (Å²) >= 11 is 0. The second-order valence-corrected chi connectivity index (χ2v) is 10.8. The minimum atomic E-state index is -3.95. The lowest BCUT2D eigenvalue weighted by atomic mass is 9.95. The van der Waals surface area contributed by atoms with Gasteiger partial charge in [-0.3, -0.25) is 9.69 Å². The van der Waals surface area contributed by atoms with E-state index < -0.39 is 10.0 Å². The SMILES string of the molecule is COc1ccc(S(N)(=O)=O)cc1C(=O)N1CCCOc2cccc(c2)CCC2CCCCN2CC1. The molecule has 0 aliphatic carbocycles. The second kappa shape index (κ2) is 11.4. The molecule has 1 amide bonds. The first-order valence-corrected chi connectivity index (χ1v) is 13.9. The molecule has 0 spiro atoms. The number of ether oxygens (including phenoxy) is 2. The fourth-order valence-electron chi connectivity index (χ4n) is 5.02. The number of nitrogens with two attached hydrogens (primary N) is 1. The lowest BCUT2D eigenvalue weighted by Crippen LogP contribution is -2.45. The smallest absolute Gasteiger partial charge is 0.257 e. The Kier molecular flexibility index (Phi) is 8.30. The van der Waals surface area contributed by atoms with Gasteiger partial charge in [-0.15, -0.1) is 0 Å². The van der Waals surface area contributed by atoms with E-state index in [-0.39, 0.29) is 16.4 Å². The zero-order chi connectivity index (χ0) is 24.8. The summed E-state index contributed by atoms with van der Waals surface area (Å²) in [5.74, 6) is 0.904. The number of hydrogen-bond donors (Lipinski definition) is 1. The Balaban J connectivity index is 1.59. The molecule has 2 N–H and O–H groups in total. The Hall–Kier alpha value is -2.62. The first kappa shape index (κ1) is 25.5. The van der Waals surface area contributed by atoms with E-state index >= 15 is 0 Å². The monoisotopic (exact) mass is 501 g/mol. The standard InChI is InChI=1S/C26H35N3O5S/c1-33-25-12-11-23(35(27,31)32)19-24(25)26(30)29-14-5-17-34-22-8-4-6-20(18-22)9-10-21-7-2-3-13-28(21)15-16-29/h4,6,8,11-12,18-19,21H,2-3,5,7,9-10,13-17H2,1H3,(H2,27,31,32). The zero-order valence-electron chi connectivity index (χ0n) is 20.3. The van der Waals surface area contributed by atoms with Crippen molar-refractivity contribution in [3.63, 3.8) is 0 Å². The number of fused-ring (bicyclic) bond motifs is 3. The number of methoxy groups -OCH3 is 1. The van der Waals surface area contributed by atoms with E-state index in [2.05, 4.69) is 17.0 Å². The molecule has 0 aromatic heterocycles. The fraction of sp³-hybridized carbons (Fsp3) is 0.500. The number of carbonyl (C=O) groups excluding carboxylic acids is 1. The molecule has 2 aliphatic rings. The van der Waals surface area contributed by atoms with Crippen molar-refractivity contribution in [3.05, 3.63) is 53.6 Å². The van der Waals surface area contributed by atoms with Crippen molar-refractivity contribution in [3.8, 4) is 11.5 Å². The van der Waals surface area contributed by atoms with Crippen molar-refractivity contribution in [1.29, 1.82) is 0 Å². The van der Waals surface area contributed by atoms with E-state index in [9.17, 15) is 13.2 Å². The summed E-state index contributed by atoms with van der Waals surface area (Å²) in [6, 6.07) is 12.9. The van der Waals surface area contributed by atoms with Crippen molar-refractivity contribution >= 4 is 15.9 Å². The number of sulfonamides is 1. The van der Waals surface area contributed by atoms with Gasteiger partial charge in [0.2, 0.25) is 10.0 Å². The summed E-state index contributed by atoms with van der Waals surface area (Å²) in [5, 5.41) is 5.32. The molecule has 8 nitrogen and oxygen atoms in total. The van der Waals surface area contributed by atoms with E-state index in [4.69, 9.17) is 14.6 Å². The number of primary sulfonamides is 1. The third-order valence-electron chi connectivity index (χ3n) is 6.93. The van der Waals surface area contributed by atoms with E-state index in [0.717, 1.165) is 44.5 Å². The predicted molar refractivity (Wildman–Crippen MR) is 134 cm³/mol. The molecule has 0 radical (unpaired) electrons. The number of aryl methyl sites for hydroxylation is 1. The molecule has 35 heavy (non-hydrogen) atoms. The van der Waals surface area contributed by atoms with Gasteiger partial charge >= 0.3 is 0 Å². The minimum Gasteiger partial charge on any atom is -0.496 e. The Morgan fingerprint density at radius 2 is 1.89 bits per heavy atom. The van der Waals surface area contributed by atoms with Crippen LogP contribution in [0, 0.1) is 0 Å². The Morgan fingerprint density at radius 1 is 1.03 bits per heavy atom. The molecule has 1 unspecified atom stereocenters. The van der Waals surface area contributed by atoms with Gasteiger partial charge in [-0.1, -0.05) is 18.6 Å². The van der Waals surface area contributed by atoms with Gasteiger partial charge < -0.3 is 14.4 Å². The molecule has 2 aromatic rings. The highest BCUT2D eigenvalue weighted by Crippen LogP contribution is 2.26. The van der Waals surface area contributed by atoms with Gasteiger partial charge in [0.25, 0.3) is 5.91 Å². The van der Waals surface area contributed by atoms with Crippen LogP contribution in [0.1, 0.15) is 48.0 Å². The van der Waals surface area contributed by atoms with Gasteiger partial charge in [0.15, 0.2) is 0 Å². The Bertz CT molecular complexity index is 1140. The summed E-state index contributed by atoms with van der Waals surface area (Å²) in [7, 11) is -2.49. The normalized spacial score (nSPS) is 20.3. The van der Waals surface area contributed by atoms with Crippen molar-refractivity contribution in [1.82, 2.24) is 9.80 Å². The van der Waals surface area contributed by atoms with Gasteiger partial charge in [-0.2, -0.15) is 0 Å². The van der Waals surface area contributed by atoms with Crippen LogP contribution in [0.4, 0.5) is 0 Å². The van der Waals surface area contributed by atoms with Gasteiger partial charge in [0.05, 0.1) is 24.2 Å². The number of piperidine rings is 1. The van der Waals surface area contributed by atoms with Crippen LogP contribution in [-0.2, 0) is 16.4 Å². The van der Waals surface area contributed by atoms with Crippen molar-refractivity contribution in [2.45, 2.75) is 49.5 Å². The third kappa shape index (κ3) is 6.54. The maximum Gasteiger partial charge on any atom is 0.257 e. The topological polar surface area (TPSA) is 102 Å². The maximum absolute atomic E-state index is 13.7. The molecular formula is C26H35N3O5S. The number of rotatable bonds is 3. The largest absolute Gasteiger partial charge is 0.496 e. The van der Waals surface area contributed by atoms with E-state index in [0.29, 0.717) is 37.9 Å². The molecule has 1 saturated heterocycles. The number of carbonyl (C=O) groups is 1. The zero-order valence-corrected chi connectivity index (χ0v) is 21.1. The van der Waals surface area contributed by atoms with Crippen LogP contribution in [0.15, 0.2) is 47.4 Å². The Morgan fingerprint density at radius 3 is 2.69 bits per heavy atom. The molecule has 2 heterocycles. The van der Waals surface area contributed by atoms with E-state index in [1.165, 1.54) is 37.3 Å². The lowest BCUT2D eigenvalue weighted by molar-refractivity contribution is 0.0679. The third-order valence-corrected chi connectivity index (χ3v) is 7.84. The first-order valence-electron chi connectivity index (χ1n) is 12.3. The highest BCUT2D eigenvalue weighted by atomic mass is 32.2. The summed E-state index contributed by atoms with van der Waals surface area (Å²) in [6.07, 6.45) is 6.27. The number of amides is 1. The van der Waals surface area contributed by atoms with Crippen LogP contribution in [0.5, 0.6) is 11.5 Å². The highest BCUT2D eigenvalue weighted by Gasteiger charge is 2.26. The van der Waals surface area contributed by atoms with Gasteiger partial charge in [0, 0.05) is 25.7 Å². The molecule has 2 aliphatic heterocycles. The van der Waals surface area contributed by atoms with Gasteiger partial charge in [-0.05, 0) is 74.5 Å². The fourth-order valence-corrected chi connectivity index (χ4v) is 5.56. The molecule has 4 rings (SSSR count). The van der Waals surface area contributed by atoms with Crippen molar-refractivity contribution in [2.24, 2.45) is 5.14 Å². The molecule has 9 heteroatoms. The van der Waals surface area contributed by atoms with Crippen LogP contribution in [0.2, 0.25) is 0 Å². The van der Waals surface area contributed by atoms with Crippen molar-refractivity contribution < 1.29 is 22.7 Å². The molecule has 2 bridgehead atoms. The van der Waals surface area contributed by atoms with Gasteiger partial charge in [0.1, 0.15) is 11.5 Å². The Labute approximate surface area is 208 Å². The predicted octanol–water partition coefficient (Wildman–Crippen LogP) is 3.05. The van der Waals surface area contributed by atoms with E-state index in [1.807, 2.05) is 12.1 Å². The van der Waals surface area contributed by atoms with Crippen LogP contribution in [0.25, 0.3) is 0 Å². The van der Waals surface area contributed by atoms with Crippen LogP contribution in [0.3, 0.4) is 0 Å². The van der Waals surface area contributed by atoms with Crippen LogP contribution >= 0.6 is 0 Å². The maximum atomic E-state index is 13.7. The second-order valence-electron chi connectivity index (χ2n) is 9.27. The first-order chi connectivity index (χ1) is 16.8. The number of nitrogens with zero attached hydrogens (tertiary/aromatic N) is 2. The average molecular weight is 502 g/mol. The van der Waals surface area contributed by atoms with Crippen LogP contribution < -0.4 is 14.6 Å². The van der Waals surface area contributed by atoms with E-state index in [1.54, 1.807) is 4.90 Å². The summed E-state index contributed by atoms with van der Waals surface area (Å²) in [4.78, 5) is 17.8. The highest BCUT2D eigenvalue weighted by molar-refractivity contribution is 7.89.